The smallest absolute Gasteiger partial charge is 0.308 e. The molecule has 2 amide bonds. The van der Waals surface area contributed by atoms with Crippen molar-refractivity contribution < 1.29 is 23.6 Å². The molecule has 0 unspecified atom stereocenters. The van der Waals surface area contributed by atoms with Crippen LogP contribution in [0.5, 0.6) is 5.88 Å². The van der Waals surface area contributed by atoms with Gasteiger partial charge in [0.05, 0.1) is 11.1 Å². The van der Waals surface area contributed by atoms with Crippen LogP contribution in [0, 0.1) is 6.92 Å². The molecule has 1 saturated heterocycles. The molecule has 0 bridgehead atoms. The summed E-state index contributed by atoms with van der Waals surface area (Å²) in [5.74, 6) is -0.0746. The number of benzene rings is 1. The molecule has 0 spiro atoms. The Morgan fingerprint density at radius 2 is 2.00 bits per heavy atom. The third kappa shape index (κ3) is 4.47. The molecule has 0 radical (unpaired) electrons. The summed E-state index contributed by atoms with van der Waals surface area (Å²) in [6, 6.07) is 10.2. The van der Waals surface area contributed by atoms with Crippen LogP contribution in [-0.4, -0.2) is 44.3 Å². The summed E-state index contributed by atoms with van der Waals surface area (Å²) in [5.41, 5.74) is 2.45. The molecule has 1 aliphatic heterocycles. The number of nitrogens with zero attached hydrogens (tertiary/aromatic N) is 3. The summed E-state index contributed by atoms with van der Waals surface area (Å²) >= 11 is 6.86. The van der Waals surface area contributed by atoms with E-state index in [0.29, 0.717) is 22.2 Å². The number of carbonyl (C=O) groups is 3. The minimum atomic E-state index is -0.806. The summed E-state index contributed by atoms with van der Waals surface area (Å²) in [4.78, 5) is 41.0. The van der Waals surface area contributed by atoms with Gasteiger partial charge < -0.3 is 9.26 Å². The second-order valence-corrected chi connectivity index (χ2v) is 8.15. The second-order valence-electron chi connectivity index (χ2n) is 6.64. The van der Waals surface area contributed by atoms with Crippen LogP contribution in [0.25, 0.3) is 11.3 Å². The van der Waals surface area contributed by atoms with Gasteiger partial charge in [-0.2, -0.15) is 0 Å². The quantitative estimate of drug-likeness (QED) is 0.423. The SMILES string of the molecule is Cc1onc(-c2ccc(Cl)cc2)c1COc1ccc(C(=O)N2CCSC(=O)C2=O)cn1. The lowest BCUT2D eigenvalue weighted by Gasteiger charge is -2.23. The van der Waals surface area contributed by atoms with E-state index in [1.807, 2.05) is 12.1 Å². The van der Waals surface area contributed by atoms with Crippen LogP contribution in [0.15, 0.2) is 47.1 Å². The molecule has 1 aromatic carbocycles. The van der Waals surface area contributed by atoms with Gasteiger partial charge in [-0.15, -0.1) is 0 Å². The van der Waals surface area contributed by atoms with Crippen molar-refractivity contribution in [2.24, 2.45) is 0 Å². The molecule has 0 N–H and O–H groups in total. The van der Waals surface area contributed by atoms with Crippen molar-refractivity contribution in [1.29, 1.82) is 0 Å². The van der Waals surface area contributed by atoms with Gasteiger partial charge in [-0.1, -0.05) is 40.7 Å². The van der Waals surface area contributed by atoms with Crippen LogP contribution in [0.4, 0.5) is 0 Å². The number of carbonyl (C=O) groups excluding carboxylic acids is 3. The Morgan fingerprint density at radius 3 is 2.71 bits per heavy atom. The fraction of sp³-hybridized carbons (Fsp3) is 0.190. The van der Waals surface area contributed by atoms with Gasteiger partial charge in [0, 0.05) is 35.1 Å². The van der Waals surface area contributed by atoms with Crippen molar-refractivity contribution in [2.45, 2.75) is 13.5 Å². The summed E-state index contributed by atoms with van der Waals surface area (Å²) in [6.07, 6.45) is 1.32. The van der Waals surface area contributed by atoms with E-state index in [2.05, 4.69) is 10.1 Å². The molecule has 3 heterocycles. The maximum Gasteiger partial charge on any atom is 0.308 e. The summed E-state index contributed by atoms with van der Waals surface area (Å²) in [7, 11) is 0. The van der Waals surface area contributed by atoms with Gasteiger partial charge in [-0.3, -0.25) is 19.3 Å². The average molecular weight is 458 g/mol. The van der Waals surface area contributed by atoms with E-state index in [-0.39, 0.29) is 24.6 Å². The number of thioether (sulfide) groups is 1. The fourth-order valence-corrected chi connectivity index (χ4v) is 3.81. The van der Waals surface area contributed by atoms with Crippen molar-refractivity contribution in [1.82, 2.24) is 15.0 Å². The van der Waals surface area contributed by atoms with Crippen molar-refractivity contribution in [3.05, 3.63) is 64.5 Å². The number of aryl methyl sites for hydroxylation is 1. The lowest BCUT2D eigenvalue weighted by atomic mass is 10.1. The zero-order valence-corrected chi connectivity index (χ0v) is 17.9. The van der Waals surface area contributed by atoms with Crippen LogP contribution in [-0.2, 0) is 16.2 Å². The van der Waals surface area contributed by atoms with E-state index < -0.39 is 16.9 Å². The molecule has 0 atom stereocenters. The fourth-order valence-electron chi connectivity index (χ4n) is 2.99. The number of aromatic nitrogens is 2. The number of rotatable bonds is 5. The number of ether oxygens (including phenoxy) is 1. The van der Waals surface area contributed by atoms with Crippen molar-refractivity contribution in [2.75, 3.05) is 12.3 Å². The number of imide groups is 1. The molecule has 4 rings (SSSR count). The van der Waals surface area contributed by atoms with E-state index in [9.17, 15) is 14.4 Å². The minimum absolute atomic E-state index is 0.157. The zero-order chi connectivity index (χ0) is 22.0. The van der Waals surface area contributed by atoms with Gasteiger partial charge in [0.25, 0.3) is 11.0 Å². The third-order valence-electron chi connectivity index (χ3n) is 4.66. The lowest BCUT2D eigenvalue weighted by molar-refractivity contribution is -0.138. The van der Waals surface area contributed by atoms with Gasteiger partial charge in [0.2, 0.25) is 5.88 Å². The van der Waals surface area contributed by atoms with Crippen LogP contribution < -0.4 is 4.74 Å². The highest BCUT2D eigenvalue weighted by Gasteiger charge is 2.32. The Morgan fingerprint density at radius 1 is 1.23 bits per heavy atom. The van der Waals surface area contributed by atoms with E-state index in [1.54, 1.807) is 19.1 Å². The Kier molecular flexibility index (Phi) is 6.06. The number of halogens is 1. The van der Waals surface area contributed by atoms with Crippen molar-refractivity contribution >= 4 is 40.3 Å². The first-order chi connectivity index (χ1) is 14.9. The van der Waals surface area contributed by atoms with Gasteiger partial charge >= 0.3 is 5.91 Å². The van der Waals surface area contributed by atoms with E-state index in [4.69, 9.17) is 20.9 Å². The maximum atomic E-state index is 12.5. The third-order valence-corrected chi connectivity index (χ3v) is 5.74. The Balaban J connectivity index is 1.45. The van der Waals surface area contributed by atoms with Gasteiger partial charge in [-0.05, 0) is 25.1 Å². The summed E-state index contributed by atoms with van der Waals surface area (Å²) in [5, 5.41) is 4.09. The highest BCUT2D eigenvalue weighted by Crippen LogP contribution is 2.27. The van der Waals surface area contributed by atoms with Crippen LogP contribution in [0.3, 0.4) is 0 Å². The molecule has 0 aliphatic carbocycles. The maximum absolute atomic E-state index is 12.5. The topological polar surface area (TPSA) is 103 Å². The molecule has 10 heteroatoms. The first kappa shape index (κ1) is 21.1. The normalized spacial score (nSPS) is 14.1. The predicted octanol–water partition coefficient (Wildman–Crippen LogP) is 3.52. The molecule has 31 heavy (non-hydrogen) atoms. The molecule has 3 aromatic rings. The first-order valence-electron chi connectivity index (χ1n) is 9.27. The van der Waals surface area contributed by atoms with E-state index >= 15 is 0 Å². The highest BCUT2D eigenvalue weighted by molar-refractivity contribution is 8.15. The standard InChI is InChI=1S/C21H16ClN3O5S/c1-12-16(18(24-30-12)13-2-5-15(22)6-3-13)11-29-17-7-4-14(10-23-17)19(26)25-8-9-31-21(28)20(25)27/h2-7,10H,8-9,11H2,1H3. The van der Waals surface area contributed by atoms with Gasteiger partial charge in [0.15, 0.2) is 0 Å². The van der Waals surface area contributed by atoms with Crippen LogP contribution in [0.2, 0.25) is 5.02 Å². The first-order valence-corrected chi connectivity index (χ1v) is 10.6. The van der Waals surface area contributed by atoms with Gasteiger partial charge in [-0.25, -0.2) is 4.98 Å². The molecular weight excluding hydrogens is 442 g/mol. The largest absolute Gasteiger partial charge is 0.473 e. The second kappa shape index (κ2) is 8.91. The lowest BCUT2D eigenvalue weighted by Crippen LogP contribution is -2.45. The Labute approximate surface area is 186 Å². The molecule has 0 saturated carbocycles. The molecule has 158 valence electrons. The molecule has 2 aromatic heterocycles. The predicted molar refractivity (Wildman–Crippen MR) is 114 cm³/mol. The van der Waals surface area contributed by atoms with Gasteiger partial charge in [0.1, 0.15) is 18.1 Å². The molecule has 1 fully saturated rings. The minimum Gasteiger partial charge on any atom is -0.473 e. The van der Waals surface area contributed by atoms with E-state index in [1.165, 1.54) is 18.3 Å². The number of hydrogen-bond donors (Lipinski definition) is 0. The highest BCUT2D eigenvalue weighted by atomic mass is 35.5. The Bertz CT molecular complexity index is 1140. The summed E-state index contributed by atoms with van der Waals surface area (Å²) < 4.78 is 11.1. The molecule has 8 nitrogen and oxygen atoms in total. The van der Waals surface area contributed by atoms with Crippen molar-refractivity contribution in [3.63, 3.8) is 0 Å². The van der Waals surface area contributed by atoms with Crippen LogP contribution >= 0.6 is 23.4 Å². The molecular formula is C21H16ClN3O5S. The van der Waals surface area contributed by atoms with Crippen LogP contribution in [0.1, 0.15) is 21.7 Å². The number of pyridine rings is 1. The average Bonchev–Trinajstić information content (AvgIpc) is 3.15. The Hall–Kier alpha value is -3.17. The monoisotopic (exact) mass is 457 g/mol. The zero-order valence-electron chi connectivity index (χ0n) is 16.3. The number of amides is 2. The van der Waals surface area contributed by atoms with E-state index in [0.717, 1.165) is 27.8 Å². The molecule has 1 aliphatic rings. The van der Waals surface area contributed by atoms with Crippen molar-refractivity contribution in [3.8, 4) is 17.1 Å². The number of hydrogen-bond acceptors (Lipinski definition) is 8. The summed E-state index contributed by atoms with van der Waals surface area (Å²) in [6.45, 7) is 2.13.